The van der Waals surface area contributed by atoms with Gasteiger partial charge in [0.25, 0.3) is 0 Å². The van der Waals surface area contributed by atoms with Crippen LogP contribution < -0.4 is 5.32 Å². The van der Waals surface area contributed by atoms with Crippen LogP contribution in [0.15, 0.2) is 0 Å². The highest BCUT2D eigenvalue weighted by atomic mass is 19.4. The van der Waals surface area contributed by atoms with E-state index in [4.69, 9.17) is 0 Å². The van der Waals surface area contributed by atoms with Crippen LogP contribution in [0, 0.1) is 11.3 Å². The van der Waals surface area contributed by atoms with Crippen LogP contribution in [0.3, 0.4) is 0 Å². The lowest BCUT2D eigenvalue weighted by molar-refractivity contribution is -0.136. The van der Waals surface area contributed by atoms with Crippen LogP contribution in [0.4, 0.5) is 13.2 Å². The standard InChI is InChI=1S/C14H26F3N/c1-4-18-12(8-6-10-14(15,16)17)11-7-5-9-13(11,2)3/h11-12,18H,4-10H2,1-3H3. The smallest absolute Gasteiger partial charge is 0.314 e. The van der Waals surface area contributed by atoms with Gasteiger partial charge in [-0.3, -0.25) is 0 Å². The van der Waals surface area contributed by atoms with Gasteiger partial charge in [-0.25, -0.2) is 0 Å². The molecule has 0 spiro atoms. The predicted molar refractivity (Wildman–Crippen MR) is 68.5 cm³/mol. The predicted octanol–water partition coefficient (Wildman–Crippen LogP) is 4.52. The maximum atomic E-state index is 12.2. The molecular weight excluding hydrogens is 239 g/mol. The summed E-state index contributed by atoms with van der Waals surface area (Å²) in [4.78, 5) is 0. The maximum absolute atomic E-state index is 12.2. The Morgan fingerprint density at radius 1 is 1.33 bits per heavy atom. The topological polar surface area (TPSA) is 12.0 Å². The van der Waals surface area contributed by atoms with Gasteiger partial charge in [0.1, 0.15) is 0 Å². The summed E-state index contributed by atoms with van der Waals surface area (Å²) < 4.78 is 36.6. The molecular formula is C14H26F3N. The van der Waals surface area contributed by atoms with Crippen molar-refractivity contribution in [3.63, 3.8) is 0 Å². The number of nitrogens with one attached hydrogen (secondary N) is 1. The first-order valence-corrected chi connectivity index (χ1v) is 7.06. The van der Waals surface area contributed by atoms with Crippen molar-refractivity contribution >= 4 is 0 Å². The van der Waals surface area contributed by atoms with Crippen molar-refractivity contribution in [2.45, 2.75) is 71.5 Å². The summed E-state index contributed by atoms with van der Waals surface area (Å²) in [6.07, 6.45) is -0.229. The Morgan fingerprint density at radius 3 is 2.44 bits per heavy atom. The zero-order valence-electron chi connectivity index (χ0n) is 11.7. The monoisotopic (exact) mass is 265 g/mol. The highest BCUT2D eigenvalue weighted by molar-refractivity contribution is 4.92. The largest absolute Gasteiger partial charge is 0.389 e. The van der Waals surface area contributed by atoms with E-state index in [1.54, 1.807) is 0 Å². The van der Waals surface area contributed by atoms with Crippen LogP contribution in [-0.4, -0.2) is 18.8 Å². The van der Waals surface area contributed by atoms with Crippen molar-refractivity contribution < 1.29 is 13.2 Å². The van der Waals surface area contributed by atoms with Gasteiger partial charge in [0.2, 0.25) is 0 Å². The average Bonchev–Trinajstić information content (AvgIpc) is 2.55. The van der Waals surface area contributed by atoms with Crippen molar-refractivity contribution in [2.24, 2.45) is 11.3 Å². The van der Waals surface area contributed by atoms with Gasteiger partial charge < -0.3 is 5.32 Å². The van der Waals surface area contributed by atoms with Crippen LogP contribution in [-0.2, 0) is 0 Å². The summed E-state index contributed by atoms with van der Waals surface area (Å²) in [6, 6.07) is 0.245. The summed E-state index contributed by atoms with van der Waals surface area (Å²) in [5.74, 6) is 0.519. The van der Waals surface area contributed by atoms with E-state index < -0.39 is 12.6 Å². The minimum atomic E-state index is -4.01. The SMILES string of the molecule is CCNC(CCCC(F)(F)F)C1CCCC1(C)C. The van der Waals surface area contributed by atoms with E-state index in [1.165, 1.54) is 12.8 Å². The minimum absolute atomic E-state index is 0.244. The van der Waals surface area contributed by atoms with Gasteiger partial charge in [-0.05, 0) is 43.6 Å². The second kappa shape index (κ2) is 6.27. The van der Waals surface area contributed by atoms with E-state index in [0.29, 0.717) is 12.3 Å². The fraction of sp³-hybridized carbons (Fsp3) is 1.00. The van der Waals surface area contributed by atoms with Gasteiger partial charge in [-0.2, -0.15) is 13.2 Å². The van der Waals surface area contributed by atoms with E-state index in [2.05, 4.69) is 19.2 Å². The van der Waals surface area contributed by atoms with Crippen molar-refractivity contribution in [2.75, 3.05) is 6.54 Å². The lowest BCUT2D eigenvalue weighted by atomic mass is 9.76. The Bertz CT molecular complexity index is 248. The van der Waals surface area contributed by atoms with Crippen LogP contribution >= 0.6 is 0 Å². The first kappa shape index (κ1) is 15.8. The molecule has 0 bridgehead atoms. The molecule has 0 radical (unpaired) electrons. The normalized spacial score (nSPS) is 25.3. The summed E-state index contributed by atoms with van der Waals surface area (Å²) in [7, 11) is 0. The molecule has 18 heavy (non-hydrogen) atoms. The highest BCUT2D eigenvalue weighted by Crippen LogP contribution is 2.45. The molecule has 2 atom stereocenters. The van der Waals surface area contributed by atoms with Crippen LogP contribution in [0.5, 0.6) is 0 Å². The number of hydrogen-bond donors (Lipinski definition) is 1. The molecule has 0 saturated heterocycles. The Balaban J connectivity index is 2.49. The van der Waals surface area contributed by atoms with Gasteiger partial charge in [-0.1, -0.05) is 27.2 Å². The molecule has 4 heteroatoms. The third-order valence-corrected chi connectivity index (χ3v) is 4.27. The molecule has 108 valence electrons. The summed E-state index contributed by atoms with van der Waals surface area (Å²) in [5, 5.41) is 3.40. The molecule has 1 saturated carbocycles. The van der Waals surface area contributed by atoms with E-state index in [9.17, 15) is 13.2 Å². The van der Waals surface area contributed by atoms with E-state index in [-0.39, 0.29) is 17.9 Å². The number of alkyl halides is 3. The number of rotatable bonds is 6. The molecule has 1 nitrogen and oxygen atoms in total. The zero-order valence-corrected chi connectivity index (χ0v) is 11.7. The van der Waals surface area contributed by atoms with Gasteiger partial charge in [0.15, 0.2) is 0 Å². The lowest BCUT2D eigenvalue weighted by Crippen LogP contribution is -2.40. The van der Waals surface area contributed by atoms with Gasteiger partial charge in [0, 0.05) is 12.5 Å². The van der Waals surface area contributed by atoms with Crippen LogP contribution in [0.25, 0.3) is 0 Å². The molecule has 0 aromatic carbocycles. The molecule has 0 heterocycles. The first-order chi connectivity index (χ1) is 8.26. The molecule has 1 rings (SSSR count). The van der Waals surface area contributed by atoms with Gasteiger partial charge in [0.05, 0.1) is 0 Å². The van der Waals surface area contributed by atoms with Crippen LogP contribution in [0.1, 0.15) is 59.3 Å². The fourth-order valence-corrected chi connectivity index (χ4v) is 3.33. The molecule has 0 aliphatic heterocycles. The molecule has 0 amide bonds. The maximum Gasteiger partial charge on any atom is 0.389 e. The van der Waals surface area contributed by atoms with Crippen molar-refractivity contribution in [1.29, 1.82) is 0 Å². The zero-order chi connectivity index (χ0) is 13.8. The summed E-state index contributed by atoms with van der Waals surface area (Å²) >= 11 is 0. The minimum Gasteiger partial charge on any atom is -0.314 e. The van der Waals surface area contributed by atoms with Crippen LogP contribution in [0.2, 0.25) is 0 Å². The number of hydrogen-bond acceptors (Lipinski definition) is 1. The second-order valence-electron chi connectivity index (χ2n) is 6.16. The lowest BCUT2D eigenvalue weighted by Gasteiger charge is -2.35. The van der Waals surface area contributed by atoms with Crippen molar-refractivity contribution in [3.8, 4) is 0 Å². The van der Waals surface area contributed by atoms with Crippen molar-refractivity contribution in [1.82, 2.24) is 5.32 Å². The Hall–Kier alpha value is -0.250. The molecule has 0 aromatic rings. The molecule has 1 aliphatic rings. The fourth-order valence-electron chi connectivity index (χ4n) is 3.33. The Kier molecular flexibility index (Phi) is 5.50. The third-order valence-electron chi connectivity index (χ3n) is 4.27. The quantitative estimate of drug-likeness (QED) is 0.744. The summed E-state index contributed by atoms with van der Waals surface area (Å²) in [5.41, 5.74) is 0.269. The van der Waals surface area contributed by atoms with Crippen molar-refractivity contribution in [3.05, 3.63) is 0 Å². The first-order valence-electron chi connectivity index (χ1n) is 7.06. The second-order valence-corrected chi connectivity index (χ2v) is 6.16. The Morgan fingerprint density at radius 2 is 2.00 bits per heavy atom. The summed E-state index contributed by atoms with van der Waals surface area (Å²) in [6.45, 7) is 7.36. The van der Waals surface area contributed by atoms with E-state index in [1.807, 2.05) is 6.92 Å². The Labute approximate surface area is 109 Å². The molecule has 0 aromatic heterocycles. The van der Waals surface area contributed by atoms with E-state index >= 15 is 0 Å². The number of halogens is 3. The molecule has 1 fully saturated rings. The molecule has 1 aliphatic carbocycles. The van der Waals surface area contributed by atoms with Gasteiger partial charge in [-0.15, -0.1) is 0 Å². The van der Waals surface area contributed by atoms with E-state index in [0.717, 1.165) is 13.0 Å². The molecule has 2 unspecified atom stereocenters. The molecule has 1 N–H and O–H groups in total. The average molecular weight is 265 g/mol. The van der Waals surface area contributed by atoms with Gasteiger partial charge >= 0.3 is 6.18 Å². The third kappa shape index (κ3) is 4.79. The highest BCUT2D eigenvalue weighted by Gasteiger charge is 2.39.